The van der Waals surface area contributed by atoms with Crippen molar-refractivity contribution in [2.24, 2.45) is 11.8 Å². The molecule has 0 aliphatic heterocycles. The molecular formula is C10H20P2. The van der Waals surface area contributed by atoms with Gasteiger partial charge in [0.05, 0.1) is 0 Å². The molecule has 2 aliphatic carbocycles. The van der Waals surface area contributed by atoms with Crippen LogP contribution in [0.25, 0.3) is 0 Å². The van der Waals surface area contributed by atoms with Gasteiger partial charge in [-0.25, -0.2) is 0 Å². The normalized spacial score (nSPS) is 48.5. The van der Waals surface area contributed by atoms with Crippen molar-refractivity contribution in [1.82, 2.24) is 0 Å². The van der Waals surface area contributed by atoms with Gasteiger partial charge in [0.2, 0.25) is 0 Å². The van der Waals surface area contributed by atoms with Crippen molar-refractivity contribution in [2.75, 3.05) is 0 Å². The van der Waals surface area contributed by atoms with Crippen LogP contribution < -0.4 is 0 Å². The number of hydrogen-bond donors (Lipinski definition) is 0. The third-order valence-electron chi connectivity index (χ3n) is 3.80. The second-order valence-corrected chi connectivity index (χ2v) is 6.23. The van der Waals surface area contributed by atoms with E-state index in [0.29, 0.717) is 0 Å². The van der Waals surface area contributed by atoms with Crippen LogP contribution in [0.15, 0.2) is 0 Å². The molecule has 0 aromatic rings. The predicted octanol–water partition coefficient (Wildman–Crippen LogP) is 3.07. The first-order chi connectivity index (χ1) is 5.79. The van der Waals surface area contributed by atoms with Crippen molar-refractivity contribution in [3.8, 4) is 0 Å². The van der Waals surface area contributed by atoms with Gasteiger partial charge in [0.1, 0.15) is 0 Å². The largest absolute Gasteiger partial charge is 0.134 e. The lowest BCUT2D eigenvalue weighted by atomic mass is 9.89. The molecule has 0 nitrogen and oxygen atoms in total. The molecule has 0 bridgehead atoms. The fourth-order valence-corrected chi connectivity index (χ4v) is 4.53. The Bertz CT molecular complexity index is 140. The molecule has 70 valence electrons. The summed E-state index contributed by atoms with van der Waals surface area (Å²) in [5.41, 5.74) is 1.88. The standard InChI is InChI=1S/C10H20P2/c11-9-5-1-3-7(9)8-4-2-6-10(8)12/h7-10H,1-6,11-12H2/t7-,8-,9-,10+/m0/s1. The Labute approximate surface area is 80.7 Å². The highest BCUT2D eigenvalue weighted by Gasteiger charge is 2.36. The third-order valence-corrected chi connectivity index (χ3v) is 5.46. The maximum atomic E-state index is 3.07. The van der Waals surface area contributed by atoms with E-state index in [2.05, 4.69) is 18.5 Å². The van der Waals surface area contributed by atoms with Gasteiger partial charge in [0, 0.05) is 0 Å². The molecule has 0 aromatic heterocycles. The maximum Gasteiger partial charge on any atom is -0.0233 e. The van der Waals surface area contributed by atoms with E-state index in [9.17, 15) is 0 Å². The lowest BCUT2D eigenvalue weighted by Crippen LogP contribution is -2.22. The highest BCUT2D eigenvalue weighted by Crippen LogP contribution is 2.45. The second-order valence-electron chi connectivity index (χ2n) is 4.52. The first-order valence-corrected chi connectivity index (χ1v) is 6.63. The van der Waals surface area contributed by atoms with Crippen LogP contribution >= 0.6 is 18.5 Å². The molecule has 2 rings (SSSR count). The topological polar surface area (TPSA) is 0 Å². The van der Waals surface area contributed by atoms with Crippen molar-refractivity contribution < 1.29 is 0 Å². The number of rotatable bonds is 1. The van der Waals surface area contributed by atoms with Crippen LogP contribution in [0.2, 0.25) is 0 Å². The zero-order valence-electron chi connectivity index (χ0n) is 7.71. The molecule has 0 heterocycles. The molecule has 0 aromatic carbocycles. The average molecular weight is 202 g/mol. The Morgan fingerprint density at radius 2 is 1.08 bits per heavy atom. The zero-order valence-corrected chi connectivity index (χ0v) is 10.0. The van der Waals surface area contributed by atoms with Crippen LogP contribution in [0.5, 0.6) is 0 Å². The predicted molar refractivity (Wildman–Crippen MR) is 61.7 cm³/mol. The van der Waals surface area contributed by atoms with Crippen LogP contribution in [0, 0.1) is 11.8 Å². The molecule has 0 saturated heterocycles. The summed E-state index contributed by atoms with van der Waals surface area (Å²) >= 11 is 0. The van der Waals surface area contributed by atoms with E-state index in [4.69, 9.17) is 0 Å². The van der Waals surface area contributed by atoms with Crippen LogP contribution in [-0.4, -0.2) is 11.3 Å². The summed E-state index contributed by atoms with van der Waals surface area (Å²) < 4.78 is 0. The Balaban J connectivity index is 1.98. The Morgan fingerprint density at radius 3 is 1.33 bits per heavy atom. The summed E-state index contributed by atoms with van der Waals surface area (Å²) in [6, 6.07) is 0. The van der Waals surface area contributed by atoms with Crippen LogP contribution in [0.3, 0.4) is 0 Å². The summed E-state index contributed by atoms with van der Waals surface area (Å²) in [6.45, 7) is 0. The lowest BCUT2D eigenvalue weighted by Gasteiger charge is -2.26. The van der Waals surface area contributed by atoms with Crippen LogP contribution in [0.4, 0.5) is 0 Å². The minimum absolute atomic E-state index is 0.941. The van der Waals surface area contributed by atoms with E-state index >= 15 is 0 Å². The second kappa shape index (κ2) is 3.93. The molecule has 2 unspecified atom stereocenters. The van der Waals surface area contributed by atoms with Gasteiger partial charge in [-0.05, 0) is 48.8 Å². The average Bonchev–Trinajstić information content (AvgIpc) is 2.59. The molecule has 12 heavy (non-hydrogen) atoms. The highest BCUT2D eigenvalue weighted by molar-refractivity contribution is 7.18. The van der Waals surface area contributed by atoms with Crippen molar-refractivity contribution in [3.05, 3.63) is 0 Å². The molecule has 0 amide bonds. The van der Waals surface area contributed by atoms with Gasteiger partial charge in [0.25, 0.3) is 0 Å². The van der Waals surface area contributed by atoms with Gasteiger partial charge in [0.15, 0.2) is 0 Å². The van der Waals surface area contributed by atoms with Crippen molar-refractivity contribution in [1.29, 1.82) is 0 Å². The first kappa shape index (κ1) is 9.42. The van der Waals surface area contributed by atoms with Gasteiger partial charge < -0.3 is 0 Å². The van der Waals surface area contributed by atoms with Gasteiger partial charge in [-0.15, -0.1) is 18.5 Å². The van der Waals surface area contributed by atoms with Gasteiger partial charge in [-0.2, -0.15) is 0 Å². The number of hydrogen-bond acceptors (Lipinski definition) is 0. The fourth-order valence-electron chi connectivity index (χ4n) is 3.10. The van der Waals surface area contributed by atoms with Crippen molar-refractivity contribution in [2.45, 2.75) is 49.8 Å². The van der Waals surface area contributed by atoms with E-state index < -0.39 is 0 Å². The van der Waals surface area contributed by atoms with Crippen LogP contribution in [0.1, 0.15) is 38.5 Å². The quantitative estimate of drug-likeness (QED) is 0.573. The van der Waals surface area contributed by atoms with E-state index in [1.807, 2.05) is 0 Å². The molecule has 2 saturated carbocycles. The first-order valence-electron chi connectivity index (χ1n) is 5.30. The Hall–Kier alpha value is 0.860. The SMILES string of the molecule is P[C@@H]1CCC[C@H]1[C@@H]1CCC[C@@H]1P. The van der Waals surface area contributed by atoms with Gasteiger partial charge >= 0.3 is 0 Å². The summed E-state index contributed by atoms with van der Waals surface area (Å²) in [4.78, 5) is 0. The minimum Gasteiger partial charge on any atom is -0.134 e. The summed E-state index contributed by atoms with van der Waals surface area (Å²) in [5.74, 6) is 2.08. The molecular weight excluding hydrogens is 182 g/mol. The molecule has 6 atom stereocenters. The van der Waals surface area contributed by atoms with Crippen LogP contribution in [-0.2, 0) is 0 Å². The molecule has 0 N–H and O–H groups in total. The summed E-state index contributed by atoms with van der Waals surface area (Å²) in [5, 5.41) is 0. The highest BCUT2D eigenvalue weighted by atomic mass is 31.0. The van der Waals surface area contributed by atoms with E-state index in [1.54, 1.807) is 0 Å². The van der Waals surface area contributed by atoms with E-state index in [-0.39, 0.29) is 0 Å². The van der Waals surface area contributed by atoms with Crippen molar-refractivity contribution >= 4 is 18.5 Å². The summed E-state index contributed by atoms with van der Waals surface area (Å²) in [6.07, 6.45) is 8.89. The monoisotopic (exact) mass is 202 g/mol. The molecule has 2 heteroatoms. The molecule has 2 fully saturated rings. The van der Waals surface area contributed by atoms with Crippen molar-refractivity contribution in [3.63, 3.8) is 0 Å². The molecule has 2 aliphatic rings. The third kappa shape index (κ3) is 1.71. The van der Waals surface area contributed by atoms with Gasteiger partial charge in [-0.3, -0.25) is 0 Å². The zero-order chi connectivity index (χ0) is 8.55. The minimum atomic E-state index is 0.941. The Morgan fingerprint density at radius 1 is 0.667 bits per heavy atom. The van der Waals surface area contributed by atoms with E-state index in [0.717, 1.165) is 23.2 Å². The summed E-state index contributed by atoms with van der Waals surface area (Å²) in [7, 11) is 6.15. The van der Waals surface area contributed by atoms with Gasteiger partial charge in [-0.1, -0.05) is 12.8 Å². The molecule has 0 radical (unpaired) electrons. The maximum absolute atomic E-state index is 3.07. The van der Waals surface area contributed by atoms with E-state index in [1.165, 1.54) is 38.5 Å². The Kier molecular flexibility index (Phi) is 3.09. The lowest BCUT2D eigenvalue weighted by molar-refractivity contribution is 0.360. The fraction of sp³-hybridized carbons (Fsp3) is 1.00. The smallest absolute Gasteiger partial charge is 0.0233 e. The molecule has 0 spiro atoms.